The van der Waals surface area contributed by atoms with Crippen LogP contribution >= 0.6 is 0 Å². The molecule has 14 heavy (non-hydrogen) atoms. The molecular formula is C11H20N2O. The van der Waals surface area contributed by atoms with Crippen LogP contribution in [0.25, 0.3) is 0 Å². The lowest BCUT2D eigenvalue weighted by atomic mass is 10.2. The number of hydrogen-bond donors (Lipinski definition) is 1. The number of rotatable bonds is 2. The number of morpholine rings is 1. The van der Waals surface area contributed by atoms with Crippen molar-refractivity contribution in [1.82, 2.24) is 10.2 Å². The van der Waals surface area contributed by atoms with E-state index in [2.05, 4.69) is 10.2 Å². The zero-order valence-corrected chi connectivity index (χ0v) is 8.74. The molecule has 0 saturated carbocycles. The Kier molecular flexibility index (Phi) is 2.48. The number of nitrogens with zero attached hydrogens (tertiary/aromatic N) is 1. The van der Waals surface area contributed by atoms with Gasteiger partial charge in [-0.25, -0.2) is 0 Å². The van der Waals surface area contributed by atoms with Crippen LogP contribution in [-0.4, -0.2) is 49.3 Å². The van der Waals surface area contributed by atoms with Crippen LogP contribution in [0.2, 0.25) is 0 Å². The van der Waals surface area contributed by atoms with E-state index in [0.29, 0.717) is 12.2 Å². The molecule has 0 aromatic heterocycles. The lowest BCUT2D eigenvalue weighted by Gasteiger charge is -2.33. The summed E-state index contributed by atoms with van der Waals surface area (Å²) in [5.41, 5.74) is 0. The van der Waals surface area contributed by atoms with Gasteiger partial charge in [-0.2, -0.15) is 0 Å². The summed E-state index contributed by atoms with van der Waals surface area (Å²) >= 11 is 0. The standard InChI is InChI=1S/C11H20N2O/c1-2-9(12-5-1)6-13-7-10-3-4-11(8-13)14-10/h9-12H,1-8H2/t9-,10?,11?/m1/s1. The van der Waals surface area contributed by atoms with E-state index in [9.17, 15) is 0 Å². The zero-order valence-electron chi connectivity index (χ0n) is 8.74. The van der Waals surface area contributed by atoms with Crippen LogP contribution in [0.4, 0.5) is 0 Å². The van der Waals surface area contributed by atoms with Crippen LogP contribution in [0.15, 0.2) is 0 Å². The Balaban J connectivity index is 1.53. The largest absolute Gasteiger partial charge is 0.372 e. The van der Waals surface area contributed by atoms with Crippen molar-refractivity contribution in [3.05, 3.63) is 0 Å². The van der Waals surface area contributed by atoms with Crippen LogP contribution in [0, 0.1) is 0 Å². The molecule has 3 rings (SSSR count). The Morgan fingerprint density at radius 2 is 1.93 bits per heavy atom. The van der Waals surface area contributed by atoms with Crippen molar-refractivity contribution in [2.24, 2.45) is 0 Å². The Labute approximate surface area is 85.8 Å². The molecule has 0 radical (unpaired) electrons. The van der Waals surface area contributed by atoms with Crippen LogP contribution in [0.5, 0.6) is 0 Å². The van der Waals surface area contributed by atoms with Crippen molar-refractivity contribution in [1.29, 1.82) is 0 Å². The van der Waals surface area contributed by atoms with Crippen molar-refractivity contribution in [3.63, 3.8) is 0 Å². The van der Waals surface area contributed by atoms with Crippen LogP contribution < -0.4 is 5.32 Å². The maximum absolute atomic E-state index is 5.83. The van der Waals surface area contributed by atoms with Crippen molar-refractivity contribution in [2.75, 3.05) is 26.2 Å². The van der Waals surface area contributed by atoms with Gasteiger partial charge in [-0.3, -0.25) is 4.90 Å². The fourth-order valence-electron chi connectivity index (χ4n) is 3.07. The molecule has 3 aliphatic heterocycles. The highest BCUT2D eigenvalue weighted by atomic mass is 16.5. The highest BCUT2D eigenvalue weighted by Gasteiger charge is 2.34. The normalized spacial score (nSPS) is 43.3. The minimum absolute atomic E-state index is 0.551. The van der Waals surface area contributed by atoms with Crippen LogP contribution in [0.1, 0.15) is 25.7 Å². The van der Waals surface area contributed by atoms with Crippen molar-refractivity contribution >= 4 is 0 Å². The molecule has 0 aliphatic carbocycles. The fraction of sp³-hybridized carbons (Fsp3) is 1.00. The van der Waals surface area contributed by atoms with Gasteiger partial charge in [0.15, 0.2) is 0 Å². The second kappa shape index (κ2) is 3.80. The first-order valence-corrected chi connectivity index (χ1v) is 6.01. The van der Waals surface area contributed by atoms with Crippen LogP contribution in [-0.2, 0) is 4.74 Å². The Bertz CT molecular complexity index is 191. The van der Waals surface area contributed by atoms with Gasteiger partial charge in [0.05, 0.1) is 12.2 Å². The summed E-state index contributed by atoms with van der Waals surface area (Å²) in [6.45, 7) is 4.82. The van der Waals surface area contributed by atoms with Crippen molar-refractivity contribution in [2.45, 2.75) is 43.9 Å². The van der Waals surface area contributed by atoms with Gasteiger partial charge in [0.25, 0.3) is 0 Å². The average molecular weight is 196 g/mol. The molecule has 3 atom stereocenters. The van der Waals surface area contributed by atoms with Crippen molar-refractivity contribution in [3.8, 4) is 0 Å². The maximum atomic E-state index is 5.83. The summed E-state index contributed by atoms with van der Waals surface area (Å²) in [6.07, 6.45) is 6.41. The van der Waals surface area contributed by atoms with Gasteiger partial charge in [0, 0.05) is 25.7 Å². The quantitative estimate of drug-likeness (QED) is 0.700. The van der Waals surface area contributed by atoms with Gasteiger partial charge in [0.2, 0.25) is 0 Å². The lowest BCUT2D eigenvalue weighted by Crippen LogP contribution is -2.47. The van der Waals surface area contributed by atoms with Gasteiger partial charge in [-0.15, -0.1) is 0 Å². The third kappa shape index (κ3) is 1.81. The molecule has 3 heteroatoms. The molecule has 0 aromatic carbocycles. The predicted octanol–water partition coefficient (Wildman–Crippen LogP) is 0.602. The van der Waals surface area contributed by atoms with E-state index in [4.69, 9.17) is 4.74 Å². The van der Waals surface area contributed by atoms with Crippen LogP contribution in [0.3, 0.4) is 0 Å². The van der Waals surface area contributed by atoms with E-state index in [1.807, 2.05) is 0 Å². The molecule has 3 heterocycles. The third-order valence-electron chi connectivity index (χ3n) is 3.76. The molecule has 1 N–H and O–H groups in total. The van der Waals surface area contributed by atoms with E-state index in [-0.39, 0.29) is 0 Å². The Morgan fingerprint density at radius 1 is 1.14 bits per heavy atom. The molecule has 0 amide bonds. The summed E-state index contributed by atoms with van der Waals surface area (Å²) in [4.78, 5) is 2.61. The number of nitrogens with one attached hydrogen (secondary N) is 1. The second-order valence-corrected chi connectivity index (χ2v) is 4.97. The minimum atomic E-state index is 0.551. The highest BCUT2D eigenvalue weighted by molar-refractivity contribution is 4.87. The first-order chi connectivity index (χ1) is 6.90. The Hall–Kier alpha value is -0.120. The monoisotopic (exact) mass is 196 g/mol. The number of fused-ring (bicyclic) bond motifs is 2. The third-order valence-corrected chi connectivity index (χ3v) is 3.76. The second-order valence-electron chi connectivity index (χ2n) is 4.97. The van der Waals surface area contributed by atoms with Crippen molar-refractivity contribution < 1.29 is 4.74 Å². The van der Waals surface area contributed by atoms with E-state index in [1.165, 1.54) is 51.9 Å². The number of likely N-dealkylation sites (tertiary alicyclic amines) is 1. The summed E-state index contributed by atoms with van der Waals surface area (Å²) in [7, 11) is 0. The molecule has 0 aromatic rings. The summed E-state index contributed by atoms with van der Waals surface area (Å²) in [5.74, 6) is 0. The lowest BCUT2D eigenvalue weighted by molar-refractivity contribution is -0.0401. The number of ether oxygens (including phenoxy) is 1. The molecule has 3 nitrogen and oxygen atoms in total. The topological polar surface area (TPSA) is 24.5 Å². The first-order valence-electron chi connectivity index (χ1n) is 6.01. The van der Waals surface area contributed by atoms with Gasteiger partial charge in [0.1, 0.15) is 0 Å². The molecule has 80 valence electrons. The molecule has 2 unspecified atom stereocenters. The Morgan fingerprint density at radius 3 is 2.57 bits per heavy atom. The van der Waals surface area contributed by atoms with E-state index in [1.54, 1.807) is 0 Å². The maximum Gasteiger partial charge on any atom is 0.0707 e. The first kappa shape index (κ1) is 9.13. The minimum Gasteiger partial charge on any atom is -0.372 e. The average Bonchev–Trinajstić information content (AvgIpc) is 2.77. The molecule has 2 bridgehead atoms. The van der Waals surface area contributed by atoms with E-state index < -0.39 is 0 Å². The molecular weight excluding hydrogens is 176 g/mol. The fourth-order valence-corrected chi connectivity index (χ4v) is 3.07. The van der Waals surface area contributed by atoms with Gasteiger partial charge >= 0.3 is 0 Å². The van der Waals surface area contributed by atoms with Gasteiger partial charge in [-0.05, 0) is 32.2 Å². The SMILES string of the molecule is C1CN[C@@H](CN2CC3CCC(C2)O3)C1. The van der Waals surface area contributed by atoms with Gasteiger partial charge < -0.3 is 10.1 Å². The summed E-state index contributed by atoms with van der Waals surface area (Å²) in [5, 5.41) is 3.57. The smallest absolute Gasteiger partial charge is 0.0707 e. The molecule has 3 fully saturated rings. The molecule has 0 spiro atoms. The van der Waals surface area contributed by atoms with Gasteiger partial charge in [-0.1, -0.05) is 0 Å². The molecule has 3 saturated heterocycles. The number of hydrogen-bond acceptors (Lipinski definition) is 3. The summed E-state index contributed by atoms with van der Waals surface area (Å²) < 4.78 is 5.83. The highest BCUT2D eigenvalue weighted by Crippen LogP contribution is 2.26. The van der Waals surface area contributed by atoms with E-state index in [0.717, 1.165) is 6.04 Å². The predicted molar refractivity (Wildman–Crippen MR) is 55.4 cm³/mol. The van der Waals surface area contributed by atoms with E-state index >= 15 is 0 Å². The molecule has 3 aliphatic rings. The summed E-state index contributed by atoms with van der Waals surface area (Å²) in [6, 6.07) is 0.757. The zero-order chi connectivity index (χ0) is 9.38.